The molecule has 0 saturated carbocycles. The molecule has 0 aliphatic carbocycles. The Morgan fingerprint density at radius 3 is 2.12 bits per heavy atom. The Balaban J connectivity index is 1.84. The van der Waals surface area contributed by atoms with Gasteiger partial charge in [0.1, 0.15) is 0 Å². The minimum absolute atomic E-state index is 0.0977. The number of rotatable bonds is 7. The van der Waals surface area contributed by atoms with Crippen molar-refractivity contribution in [1.29, 1.82) is 0 Å². The number of nitrogens with one attached hydrogen (secondary N) is 3. The first-order valence-corrected chi connectivity index (χ1v) is 11.0. The number of sulfonamides is 2. The van der Waals surface area contributed by atoms with Gasteiger partial charge in [-0.1, -0.05) is 18.2 Å². The van der Waals surface area contributed by atoms with Gasteiger partial charge in [-0.15, -0.1) is 0 Å². The van der Waals surface area contributed by atoms with E-state index in [1.54, 1.807) is 0 Å². The summed E-state index contributed by atoms with van der Waals surface area (Å²) in [7, 11) is -7.45. The van der Waals surface area contributed by atoms with E-state index in [1.807, 2.05) is 30.3 Å². The highest BCUT2D eigenvalue weighted by Crippen LogP contribution is 2.14. The quantitative estimate of drug-likeness (QED) is 0.498. The fourth-order valence-electron chi connectivity index (χ4n) is 1.94. The van der Waals surface area contributed by atoms with E-state index in [2.05, 4.69) is 15.4 Å². The lowest BCUT2D eigenvalue weighted by atomic mass is 10.3. The van der Waals surface area contributed by atoms with Crippen molar-refractivity contribution >= 4 is 48.8 Å². The van der Waals surface area contributed by atoms with Crippen LogP contribution >= 0.6 is 12.2 Å². The van der Waals surface area contributed by atoms with Gasteiger partial charge >= 0.3 is 0 Å². The largest absolute Gasteiger partial charge is 0.361 e. The van der Waals surface area contributed by atoms with Crippen LogP contribution in [0.15, 0.2) is 59.5 Å². The molecule has 0 heterocycles. The minimum atomic E-state index is -3.82. The summed E-state index contributed by atoms with van der Waals surface area (Å²) in [4.78, 5) is -0.0977. The van der Waals surface area contributed by atoms with Crippen LogP contribution in [0.5, 0.6) is 0 Å². The smallest absolute Gasteiger partial charge is 0.238 e. The van der Waals surface area contributed by atoms with Crippen LogP contribution in [0, 0.1) is 0 Å². The van der Waals surface area contributed by atoms with Crippen molar-refractivity contribution in [3.8, 4) is 0 Å². The number of benzene rings is 2. The molecule has 2 rings (SSSR count). The summed E-state index contributed by atoms with van der Waals surface area (Å²) in [6, 6.07) is 14.3. The molecule has 0 radical (unpaired) electrons. The summed E-state index contributed by atoms with van der Waals surface area (Å²) in [6.45, 7) is 0.100. The summed E-state index contributed by atoms with van der Waals surface area (Å²) < 4.78 is 48.8. The lowest BCUT2D eigenvalue weighted by Gasteiger charge is -2.12. The predicted octanol–water partition coefficient (Wildman–Crippen LogP) is 1.06. The van der Waals surface area contributed by atoms with Gasteiger partial charge in [0.15, 0.2) is 5.11 Å². The van der Waals surface area contributed by atoms with Crippen molar-refractivity contribution in [1.82, 2.24) is 5.32 Å². The lowest BCUT2D eigenvalue weighted by Crippen LogP contribution is -2.34. The van der Waals surface area contributed by atoms with Gasteiger partial charge in [0.05, 0.1) is 10.6 Å². The van der Waals surface area contributed by atoms with Crippen LogP contribution in [0.2, 0.25) is 0 Å². The molecule has 5 N–H and O–H groups in total. The number of hydrogen-bond acceptors (Lipinski definition) is 5. The summed E-state index contributed by atoms with van der Waals surface area (Å²) in [5.41, 5.74) is 1.03. The molecule has 2 aromatic carbocycles. The van der Waals surface area contributed by atoms with Crippen LogP contribution in [0.25, 0.3) is 0 Å². The maximum Gasteiger partial charge on any atom is 0.238 e. The predicted molar refractivity (Wildman–Crippen MR) is 106 cm³/mol. The van der Waals surface area contributed by atoms with Gasteiger partial charge in [-0.25, -0.2) is 22.0 Å². The Morgan fingerprint density at radius 1 is 0.923 bits per heavy atom. The molecule has 0 unspecified atom stereocenters. The monoisotopic (exact) mass is 414 g/mol. The van der Waals surface area contributed by atoms with Crippen molar-refractivity contribution in [2.75, 3.05) is 22.3 Å². The van der Waals surface area contributed by atoms with Crippen LogP contribution < -0.4 is 20.5 Å². The number of para-hydroxylation sites is 1. The van der Waals surface area contributed by atoms with Crippen molar-refractivity contribution in [2.24, 2.45) is 5.14 Å². The molecule has 2 aromatic rings. The van der Waals surface area contributed by atoms with Crippen LogP contribution in [0.4, 0.5) is 11.4 Å². The molecule has 26 heavy (non-hydrogen) atoms. The molecule has 0 spiro atoms. The van der Waals surface area contributed by atoms with Gasteiger partial charge in [0.2, 0.25) is 20.0 Å². The fourth-order valence-corrected chi connectivity index (χ4v) is 3.64. The topological polar surface area (TPSA) is 130 Å². The van der Waals surface area contributed by atoms with E-state index in [0.717, 1.165) is 5.69 Å². The molecule has 0 aromatic heterocycles. The van der Waals surface area contributed by atoms with Crippen molar-refractivity contribution in [3.05, 3.63) is 54.6 Å². The van der Waals surface area contributed by atoms with E-state index in [-0.39, 0.29) is 22.9 Å². The lowest BCUT2D eigenvalue weighted by molar-refractivity contribution is 0.597. The van der Waals surface area contributed by atoms with Gasteiger partial charge < -0.3 is 10.6 Å². The molecule has 0 fully saturated rings. The Labute approximate surface area is 157 Å². The highest BCUT2D eigenvalue weighted by Gasteiger charge is 2.12. The van der Waals surface area contributed by atoms with Crippen LogP contribution in [0.3, 0.4) is 0 Å². The first kappa shape index (κ1) is 20.1. The van der Waals surface area contributed by atoms with E-state index in [9.17, 15) is 16.8 Å². The van der Waals surface area contributed by atoms with E-state index < -0.39 is 20.0 Å². The van der Waals surface area contributed by atoms with Gasteiger partial charge in [0.25, 0.3) is 0 Å². The second-order valence-electron chi connectivity index (χ2n) is 5.24. The van der Waals surface area contributed by atoms with E-state index in [1.165, 1.54) is 24.3 Å². The third-order valence-corrected chi connectivity index (χ3v) is 5.61. The number of hydrogen-bond donors (Lipinski definition) is 4. The Hall–Kier alpha value is -2.21. The second kappa shape index (κ2) is 8.45. The first-order valence-electron chi connectivity index (χ1n) is 7.39. The Bertz CT molecular complexity index is 960. The number of thiocarbonyl (C=S) groups is 1. The van der Waals surface area contributed by atoms with Gasteiger partial charge in [-0.3, -0.25) is 4.72 Å². The normalized spacial score (nSPS) is 11.6. The molecule has 0 saturated heterocycles. The average molecular weight is 415 g/mol. The summed E-state index contributed by atoms with van der Waals surface area (Å²) in [5.74, 6) is -0.222. The van der Waals surface area contributed by atoms with Gasteiger partial charge in [-0.05, 0) is 48.6 Å². The average Bonchev–Trinajstić information content (AvgIpc) is 2.54. The SMILES string of the molecule is NS(=O)(=O)c1ccc(NS(=O)(=O)CCNC(=S)Nc2ccccc2)cc1. The molecule has 0 aliphatic rings. The molecule has 140 valence electrons. The van der Waals surface area contributed by atoms with Crippen molar-refractivity contribution in [2.45, 2.75) is 4.90 Å². The Kier molecular flexibility index (Phi) is 6.53. The zero-order valence-corrected chi connectivity index (χ0v) is 16.0. The van der Waals surface area contributed by atoms with Gasteiger partial charge in [-0.2, -0.15) is 0 Å². The molecular formula is C15H18N4O4S3. The summed E-state index contributed by atoms with van der Waals surface area (Å²) in [5, 5.41) is 11.0. The first-order chi connectivity index (χ1) is 12.2. The highest BCUT2D eigenvalue weighted by atomic mass is 32.2. The van der Waals surface area contributed by atoms with E-state index in [4.69, 9.17) is 17.4 Å². The van der Waals surface area contributed by atoms with Crippen LogP contribution in [0.1, 0.15) is 0 Å². The molecule has 0 aliphatic heterocycles. The zero-order valence-electron chi connectivity index (χ0n) is 13.5. The maximum absolute atomic E-state index is 12.1. The third-order valence-electron chi connectivity index (χ3n) is 3.14. The second-order valence-corrected chi connectivity index (χ2v) is 9.05. The summed E-state index contributed by atoms with van der Waals surface area (Å²) in [6.07, 6.45) is 0. The van der Waals surface area contributed by atoms with E-state index in [0.29, 0.717) is 5.11 Å². The molecular weight excluding hydrogens is 396 g/mol. The molecule has 0 bridgehead atoms. The molecule has 11 heteroatoms. The zero-order chi connectivity index (χ0) is 19.2. The number of anilines is 2. The third kappa shape index (κ3) is 6.59. The fraction of sp³-hybridized carbons (Fsp3) is 0.133. The Morgan fingerprint density at radius 2 is 1.54 bits per heavy atom. The summed E-state index contributed by atoms with van der Waals surface area (Å²) >= 11 is 5.10. The van der Waals surface area contributed by atoms with Crippen molar-refractivity contribution < 1.29 is 16.8 Å². The highest BCUT2D eigenvalue weighted by molar-refractivity contribution is 7.92. The molecule has 0 amide bonds. The van der Waals surface area contributed by atoms with Crippen LogP contribution in [-0.2, 0) is 20.0 Å². The number of nitrogens with two attached hydrogens (primary N) is 1. The standard InChI is InChI=1S/C15H18N4O4S3/c16-26(22,23)14-8-6-13(7-9-14)19-25(20,21)11-10-17-15(24)18-12-4-2-1-3-5-12/h1-9,19H,10-11H2,(H2,16,22,23)(H2,17,18,24). The van der Waals surface area contributed by atoms with Crippen LogP contribution in [-0.4, -0.2) is 34.2 Å². The minimum Gasteiger partial charge on any atom is -0.361 e. The van der Waals surface area contributed by atoms with Crippen molar-refractivity contribution in [3.63, 3.8) is 0 Å². The van der Waals surface area contributed by atoms with E-state index >= 15 is 0 Å². The molecule has 0 atom stereocenters. The van der Waals surface area contributed by atoms with Gasteiger partial charge in [0, 0.05) is 17.9 Å². The molecule has 8 nitrogen and oxygen atoms in total. The number of primary sulfonamides is 1. The maximum atomic E-state index is 12.1.